The Morgan fingerprint density at radius 2 is 2.22 bits per heavy atom. The zero-order valence-corrected chi connectivity index (χ0v) is 10.8. The van der Waals surface area contributed by atoms with Gasteiger partial charge in [0.25, 0.3) is 0 Å². The van der Waals surface area contributed by atoms with Crippen molar-refractivity contribution in [1.29, 1.82) is 0 Å². The summed E-state index contributed by atoms with van der Waals surface area (Å²) in [5, 5.41) is 0. The lowest BCUT2D eigenvalue weighted by Gasteiger charge is -2.19. The molecule has 2 rings (SSSR count). The van der Waals surface area contributed by atoms with Crippen LogP contribution in [0.5, 0.6) is 0 Å². The van der Waals surface area contributed by atoms with E-state index in [0.717, 1.165) is 5.69 Å². The molecule has 96 valence electrons. The third kappa shape index (κ3) is 2.09. The number of aromatic nitrogens is 2. The number of nitrogens with two attached hydrogens (primary N) is 1. The Hall–Kier alpha value is -1.88. The minimum absolute atomic E-state index is 0.339. The van der Waals surface area contributed by atoms with Gasteiger partial charge in [0.15, 0.2) is 0 Å². The molecule has 2 N–H and O–H groups in total. The van der Waals surface area contributed by atoms with E-state index >= 15 is 0 Å². The molecule has 0 saturated carbocycles. The third-order valence-corrected chi connectivity index (χ3v) is 2.67. The largest absolute Gasteiger partial charge is 0.461 e. The van der Waals surface area contributed by atoms with Crippen molar-refractivity contribution in [3.05, 3.63) is 35.8 Å². The van der Waals surface area contributed by atoms with Crippen LogP contribution in [0.25, 0.3) is 5.65 Å². The average Bonchev–Trinajstić information content (AvgIpc) is 2.72. The quantitative estimate of drug-likeness (QED) is 0.838. The van der Waals surface area contributed by atoms with E-state index in [-0.39, 0.29) is 5.97 Å². The summed E-state index contributed by atoms with van der Waals surface area (Å²) in [6, 6.07) is 5.32. The number of imidazole rings is 1. The zero-order chi connectivity index (χ0) is 13.3. The monoisotopic (exact) mass is 247 g/mol. The molecular weight excluding hydrogens is 230 g/mol. The molecule has 2 aromatic rings. The van der Waals surface area contributed by atoms with Gasteiger partial charge in [-0.3, -0.25) is 4.40 Å². The molecule has 0 radical (unpaired) electrons. The first-order chi connectivity index (χ1) is 8.45. The molecule has 0 bridgehead atoms. The van der Waals surface area contributed by atoms with Crippen LogP contribution in [0, 0.1) is 0 Å². The van der Waals surface area contributed by atoms with Gasteiger partial charge in [-0.05, 0) is 32.9 Å². The lowest BCUT2D eigenvalue weighted by molar-refractivity contribution is 0.0517. The fourth-order valence-corrected chi connectivity index (χ4v) is 1.86. The number of fused-ring (bicyclic) bond motifs is 1. The molecule has 0 aliphatic heterocycles. The minimum atomic E-state index is -0.581. The molecule has 18 heavy (non-hydrogen) atoms. The zero-order valence-electron chi connectivity index (χ0n) is 10.8. The molecule has 2 aromatic heterocycles. The summed E-state index contributed by atoms with van der Waals surface area (Å²) in [6.45, 7) is 5.86. The van der Waals surface area contributed by atoms with Crippen LogP contribution >= 0.6 is 0 Å². The predicted octanol–water partition coefficient (Wildman–Crippen LogP) is 1.70. The van der Waals surface area contributed by atoms with E-state index in [1.54, 1.807) is 29.7 Å². The van der Waals surface area contributed by atoms with E-state index in [4.69, 9.17) is 10.5 Å². The Balaban J connectivity index is 2.67. The summed E-state index contributed by atoms with van der Waals surface area (Å²) in [5.74, 6) is -0.369. The van der Waals surface area contributed by atoms with Crippen LogP contribution in [0.2, 0.25) is 0 Å². The van der Waals surface area contributed by atoms with E-state index in [2.05, 4.69) is 4.98 Å². The molecule has 0 aromatic carbocycles. The van der Waals surface area contributed by atoms with Crippen molar-refractivity contribution in [2.45, 2.75) is 26.3 Å². The normalized spacial score (nSPS) is 11.8. The number of carbonyl (C=O) groups is 1. The summed E-state index contributed by atoms with van der Waals surface area (Å²) in [7, 11) is 0. The van der Waals surface area contributed by atoms with E-state index in [9.17, 15) is 4.79 Å². The number of hydrogen-bond acceptors (Lipinski definition) is 4. The van der Waals surface area contributed by atoms with Crippen LogP contribution in [0.4, 0.5) is 0 Å². The highest BCUT2D eigenvalue weighted by atomic mass is 16.5. The Labute approximate surface area is 106 Å². The van der Waals surface area contributed by atoms with Gasteiger partial charge in [-0.25, -0.2) is 9.78 Å². The van der Waals surface area contributed by atoms with Gasteiger partial charge in [-0.15, -0.1) is 0 Å². The van der Waals surface area contributed by atoms with Crippen molar-refractivity contribution < 1.29 is 9.53 Å². The summed E-state index contributed by atoms with van der Waals surface area (Å²) < 4.78 is 6.79. The SMILES string of the molecule is CCOC(=O)c1cccc2ncc(C(C)(C)N)n12. The lowest BCUT2D eigenvalue weighted by atomic mass is 10.0. The topological polar surface area (TPSA) is 69.6 Å². The summed E-state index contributed by atoms with van der Waals surface area (Å²) in [6.07, 6.45) is 1.69. The average molecular weight is 247 g/mol. The number of nitrogens with zero attached hydrogens (tertiary/aromatic N) is 2. The first-order valence-corrected chi connectivity index (χ1v) is 5.88. The molecular formula is C13H17N3O2. The molecule has 0 fully saturated rings. The molecule has 0 aliphatic carbocycles. The van der Waals surface area contributed by atoms with Gasteiger partial charge in [0.05, 0.1) is 24.0 Å². The van der Waals surface area contributed by atoms with Crippen LogP contribution in [-0.2, 0) is 10.3 Å². The Bertz CT molecular complexity index is 581. The first kappa shape index (κ1) is 12.6. The predicted molar refractivity (Wildman–Crippen MR) is 68.4 cm³/mol. The summed E-state index contributed by atoms with van der Waals surface area (Å²) in [4.78, 5) is 16.2. The third-order valence-electron chi connectivity index (χ3n) is 2.67. The van der Waals surface area contributed by atoms with Gasteiger partial charge in [0.1, 0.15) is 11.3 Å². The Kier molecular flexibility index (Phi) is 3.09. The Morgan fingerprint density at radius 3 is 2.83 bits per heavy atom. The summed E-state index contributed by atoms with van der Waals surface area (Å²) >= 11 is 0. The first-order valence-electron chi connectivity index (χ1n) is 5.88. The molecule has 5 nitrogen and oxygen atoms in total. The van der Waals surface area contributed by atoms with E-state index in [1.165, 1.54) is 0 Å². The maximum Gasteiger partial charge on any atom is 0.355 e. The Morgan fingerprint density at radius 1 is 1.50 bits per heavy atom. The van der Waals surface area contributed by atoms with Crippen LogP contribution in [0.15, 0.2) is 24.4 Å². The van der Waals surface area contributed by atoms with Crippen LogP contribution in [0.1, 0.15) is 37.0 Å². The molecule has 0 amide bonds. The van der Waals surface area contributed by atoms with E-state index in [1.807, 2.05) is 19.9 Å². The molecule has 0 unspecified atom stereocenters. The molecule has 0 spiro atoms. The van der Waals surface area contributed by atoms with E-state index < -0.39 is 5.54 Å². The lowest BCUT2D eigenvalue weighted by Crippen LogP contribution is -2.31. The minimum Gasteiger partial charge on any atom is -0.461 e. The van der Waals surface area contributed by atoms with Crippen molar-refractivity contribution in [2.24, 2.45) is 5.73 Å². The second kappa shape index (κ2) is 4.42. The highest BCUT2D eigenvalue weighted by molar-refractivity contribution is 5.88. The highest BCUT2D eigenvalue weighted by Crippen LogP contribution is 2.20. The smallest absolute Gasteiger partial charge is 0.355 e. The van der Waals surface area contributed by atoms with Crippen LogP contribution in [-0.4, -0.2) is 22.0 Å². The van der Waals surface area contributed by atoms with E-state index in [0.29, 0.717) is 17.9 Å². The van der Waals surface area contributed by atoms with Gasteiger partial charge in [-0.1, -0.05) is 6.07 Å². The number of esters is 1. The van der Waals surface area contributed by atoms with Crippen molar-refractivity contribution in [3.8, 4) is 0 Å². The molecule has 0 saturated heterocycles. The summed E-state index contributed by atoms with van der Waals surface area (Å²) in [5.41, 5.74) is 7.43. The fourth-order valence-electron chi connectivity index (χ4n) is 1.86. The molecule has 0 aliphatic rings. The second-order valence-electron chi connectivity index (χ2n) is 4.69. The van der Waals surface area contributed by atoms with Crippen molar-refractivity contribution >= 4 is 11.6 Å². The number of hydrogen-bond donors (Lipinski definition) is 1. The van der Waals surface area contributed by atoms with Gasteiger partial charge < -0.3 is 10.5 Å². The second-order valence-corrected chi connectivity index (χ2v) is 4.69. The van der Waals surface area contributed by atoms with Gasteiger partial charge in [-0.2, -0.15) is 0 Å². The van der Waals surface area contributed by atoms with Crippen molar-refractivity contribution in [1.82, 2.24) is 9.38 Å². The number of carbonyl (C=O) groups excluding carboxylic acids is 1. The molecule has 2 heterocycles. The molecule has 0 atom stereocenters. The molecule has 5 heteroatoms. The van der Waals surface area contributed by atoms with Crippen LogP contribution < -0.4 is 5.73 Å². The van der Waals surface area contributed by atoms with Crippen molar-refractivity contribution in [2.75, 3.05) is 6.61 Å². The standard InChI is InChI=1S/C13H17N3O2/c1-4-18-12(17)9-6-5-7-11-15-8-10(16(9)11)13(2,3)14/h5-8H,4,14H2,1-3H3. The number of pyridine rings is 1. The maximum atomic E-state index is 11.9. The van der Waals surface area contributed by atoms with Gasteiger partial charge in [0.2, 0.25) is 0 Å². The van der Waals surface area contributed by atoms with Crippen molar-refractivity contribution in [3.63, 3.8) is 0 Å². The maximum absolute atomic E-state index is 11.9. The number of ether oxygens (including phenoxy) is 1. The van der Waals surface area contributed by atoms with Gasteiger partial charge in [0, 0.05) is 0 Å². The van der Waals surface area contributed by atoms with Crippen LogP contribution in [0.3, 0.4) is 0 Å². The van der Waals surface area contributed by atoms with Gasteiger partial charge >= 0.3 is 5.97 Å². The number of rotatable bonds is 3. The fraction of sp³-hybridized carbons (Fsp3) is 0.385. The highest BCUT2D eigenvalue weighted by Gasteiger charge is 2.22.